The molecular weight excluding hydrogens is 245 g/mol. The third-order valence-electron chi connectivity index (χ3n) is 4.47. The average Bonchev–Trinajstić information content (AvgIpc) is 2.82. The zero-order valence-electron chi connectivity index (χ0n) is 12.5. The van der Waals surface area contributed by atoms with Gasteiger partial charge in [-0.3, -0.25) is 4.79 Å². The van der Waals surface area contributed by atoms with Crippen LogP contribution in [0.1, 0.15) is 34.6 Å². The molecule has 2 fully saturated rings. The molecule has 1 N–H and O–H groups in total. The van der Waals surface area contributed by atoms with Crippen LogP contribution in [0, 0.1) is 5.92 Å². The highest BCUT2D eigenvalue weighted by molar-refractivity contribution is 6.48. The Bertz CT molecular complexity index is 343. The molecule has 0 saturated carbocycles. The van der Waals surface area contributed by atoms with Crippen molar-refractivity contribution in [3.63, 3.8) is 0 Å². The van der Waals surface area contributed by atoms with Crippen molar-refractivity contribution in [1.82, 2.24) is 5.32 Å². The van der Waals surface area contributed by atoms with Crippen molar-refractivity contribution in [2.45, 2.75) is 51.6 Å². The molecule has 2 aliphatic rings. The van der Waals surface area contributed by atoms with E-state index in [2.05, 4.69) is 5.32 Å². The van der Waals surface area contributed by atoms with Crippen LogP contribution < -0.4 is 5.32 Å². The van der Waals surface area contributed by atoms with Gasteiger partial charge in [0, 0.05) is 12.4 Å². The first kappa shape index (κ1) is 14.8. The van der Waals surface area contributed by atoms with Crippen molar-refractivity contribution < 1.29 is 18.8 Å². The summed E-state index contributed by atoms with van der Waals surface area (Å²) in [6.07, 6.45) is 0. The molecule has 0 bridgehead atoms. The first-order valence-electron chi connectivity index (χ1n) is 7.01. The zero-order chi connectivity index (χ0) is 14.3. The number of carbonyl (C=O) groups excluding carboxylic acids is 1. The fraction of sp³-hybridized carbons (Fsp3) is 0.923. The van der Waals surface area contributed by atoms with Gasteiger partial charge < -0.3 is 19.4 Å². The van der Waals surface area contributed by atoms with E-state index < -0.39 is 0 Å². The standard InChI is InChI=1S/C13H24BNO4/c1-6-17-11(16)9-7-15-8-10(9)14-18-12(2,3)13(4,5)19-14/h9-10,15H,6-8H2,1-5H3/t9-,10-/m0/s1. The van der Waals surface area contributed by atoms with E-state index in [0.717, 1.165) is 6.54 Å². The van der Waals surface area contributed by atoms with Crippen LogP contribution in [-0.2, 0) is 18.8 Å². The molecule has 0 aliphatic carbocycles. The first-order chi connectivity index (χ1) is 8.78. The minimum Gasteiger partial charge on any atom is -0.466 e. The van der Waals surface area contributed by atoms with Crippen molar-refractivity contribution >= 4 is 13.1 Å². The Hall–Kier alpha value is -0.585. The van der Waals surface area contributed by atoms with Gasteiger partial charge in [-0.1, -0.05) is 0 Å². The van der Waals surface area contributed by atoms with Crippen LogP contribution in [0.3, 0.4) is 0 Å². The van der Waals surface area contributed by atoms with E-state index in [1.807, 2.05) is 34.6 Å². The molecule has 0 spiro atoms. The molecule has 0 aromatic carbocycles. The van der Waals surface area contributed by atoms with Crippen LogP contribution in [0.2, 0.25) is 5.82 Å². The minimum absolute atomic E-state index is 0.0140. The molecule has 5 nitrogen and oxygen atoms in total. The second-order valence-corrected chi connectivity index (χ2v) is 6.31. The fourth-order valence-electron chi connectivity index (χ4n) is 2.56. The van der Waals surface area contributed by atoms with Gasteiger partial charge in [-0.05, 0) is 41.2 Å². The fourth-order valence-corrected chi connectivity index (χ4v) is 2.56. The molecule has 0 aromatic heterocycles. The summed E-state index contributed by atoms with van der Waals surface area (Å²) in [7, 11) is -0.352. The lowest BCUT2D eigenvalue weighted by Crippen LogP contribution is -2.41. The van der Waals surface area contributed by atoms with Gasteiger partial charge in [0.2, 0.25) is 0 Å². The molecular formula is C13H24BNO4. The molecule has 2 heterocycles. The van der Waals surface area contributed by atoms with E-state index >= 15 is 0 Å². The molecule has 108 valence electrons. The number of esters is 1. The van der Waals surface area contributed by atoms with E-state index in [0.29, 0.717) is 13.2 Å². The summed E-state index contributed by atoms with van der Waals surface area (Å²) >= 11 is 0. The number of carbonyl (C=O) groups is 1. The van der Waals surface area contributed by atoms with Crippen LogP contribution in [-0.4, -0.2) is 44.0 Å². The van der Waals surface area contributed by atoms with Crippen LogP contribution >= 0.6 is 0 Å². The third kappa shape index (κ3) is 2.66. The second kappa shape index (κ2) is 5.07. The lowest BCUT2D eigenvalue weighted by Gasteiger charge is -2.32. The van der Waals surface area contributed by atoms with Crippen LogP contribution in [0.5, 0.6) is 0 Å². The highest BCUT2D eigenvalue weighted by atomic mass is 16.7. The SMILES string of the molecule is CCOC(=O)[C@H]1CNC[C@@H]1B1OC(C)(C)C(C)(C)O1. The van der Waals surface area contributed by atoms with Gasteiger partial charge in [0.15, 0.2) is 0 Å². The lowest BCUT2D eigenvalue weighted by atomic mass is 9.66. The number of hydrogen-bond donors (Lipinski definition) is 1. The van der Waals surface area contributed by atoms with Crippen molar-refractivity contribution in [2.24, 2.45) is 5.92 Å². The van der Waals surface area contributed by atoms with Gasteiger partial charge in [0.05, 0.1) is 23.7 Å². The van der Waals surface area contributed by atoms with Crippen molar-refractivity contribution in [2.75, 3.05) is 19.7 Å². The molecule has 0 aromatic rings. The molecule has 2 rings (SSSR count). The summed E-state index contributed by atoms with van der Waals surface area (Å²) in [5.41, 5.74) is -0.723. The Labute approximate surface area is 115 Å². The van der Waals surface area contributed by atoms with Gasteiger partial charge in [0.25, 0.3) is 0 Å². The van der Waals surface area contributed by atoms with Gasteiger partial charge in [-0.25, -0.2) is 0 Å². The number of ether oxygens (including phenoxy) is 1. The van der Waals surface area contributed by atoms with Crippen LogP contribution in [0.15, 0.2) is 0 Å². The average molecular weight is 269 g/mol. The summed E-state index contributed by atoms with van der Waals surface area (Å²) in [6.45, 7) is 11.7. The zero-order valence-corrected chi connectivity index (χ0v) is 12.5. The minimum atomic E-state index is -0.362. The first-order valence-corrected chi connectivity index (χ1v) is 7.01. The van der Waals surface area contributed by atoms with E-state index in [9.17, 15) is 4.79 Å². The molecule has 6 heteroatoms. The second-order valence-electron chi connectivity index (χ2n) is 6.31. The van der Waals surface area contributed by atoms with Crippen molar-refractivity contribution in [3.8, 4) is 0 Å². The number of rotatable bonds is 3. The number of hydrogen-bond acceptors (Lipinski definition) is 5. The molecule has 2 atom stereocenters. The van der Waals surface area contributed by atoms with E-state index in [1.54, 1.807) is 0 Å². The highest BCUT2D eigenvalue weighted by Crippen LogP contribution is 2.42. The molecule has 2 aliphatic heterocycles. The monoisotopic (exact) mass is 269 g/mol. The topological polar surface area (TPSA) is 56.8 Å². The van der Waals surface area contributed by atoms with E-state index in [4.69, 9.17) is 14.0 Å². The Morgan fingerprint density at radius 2 is 1.84 bits per heavy atom. The molecule has 0 unspecified atom stereocenters. The summed E-state index contributed by atoms with van der Waals surface area (Å²) in [4.78, 5) is 12.0. The quantitative estimate of drug-likeness (QED) is 0.617. The normalized spacial score (nSPS) is 32.6. The van der Waals surface area contributed by atoms with Crippen LogP contribution in [0.4, 0.5) is 0 Å². The summed E-state index contributed by atoms with van der Waals surface area (Å²) < 4.78 is 17.2. The Kier molecular flexibility index (Phi) is 3.96. The molecule has 0 radical (unpaired) electrons. The maximum absolute atomic E-state index is 12.0. The van der Waals surface area contributed by atoms with Crippen molar-refractivity contribution in [1.29, 1.82) is 0 Å². The predicted octanol–water partition coefficient (Wildman–Crippen LogP) is 1.23. The van der Waals surface area contributed by atoms with Gasteiger partial charge in [-0.2, -0.15) is 0 Å². The van der Waals surface area contributed by atoms with E-state index in [-0.39, 0.29) is 36.0 Å². The maximum Gasteiger partial charge on any atom is 0.463 e. The maximum atomic E-state index is 12.0. The number of nitrogens with one attached hydrogen (secondary N) is 1. The molecule has 2 saturated heterocycles. The Balaban J connectivity index is 2.08. The smallest absolute Gasteiger partial charge is 0.463 e. The summed E-state index contributed by atoms with van der Waals surface area (Å²) in [6, 6.07) is 0. The van der Waals surface area contributed by atoms with Gasteiger partial charge in [0.1, 0.15) is 0 Å². The molecule has 0 amide bonds. The third-order valence-corrected chi connectivity index (χ3v) is 4.47. The van der Waals surface area contributed by atoms with Crippen LogP contribution in [0.25, 0.3) is 0 Å². The van der Waals surface area contributed by atoms with E-state index in [1.165, 1.54) is 0 Å². The Morgan fingerprint density at radius 3 is 2.37 bits per heavy atom. The van der Waals surface area contributed by atoms with Gasteiger partial charge >= 0.3 is 13.1 Å². The largest absolute Gasteiger partial charge is 0.466 e. The lowest BCUT2D eigenvalue weighted by molar-refractivity contribution is -0.147. The van der Waals surface area contributed by atoms with Crippen molar-refractivity contribution in [3.05, 3.63) is 0 Å². The Morgan fingerprint density at radius 1 is 1.26 bits per heavy atom. The van der Waals surface area contributed by atoms with Gasteiger partial charge in [-0.15, -0.1) is 0 Å². The predicted molar refractivity (Wildman–Crippen MR) is 72.8 cm³/mol. The highest BCUT2D eigenvalue weighted by Gasteiger charge is 2.56. The summed E-state index contributed by atoms with van der Waals surface area (Å²) in [5, 5.41) is 3.23. The molecule has 19 heavy (non-hydrogen) atoms. The summed E-state index contributed by atoms with van der Waals surface area (Å²) in [5.74, 6) is -0.332.